The lowest BCUT2D eigenvalue weighted by Crippen LogP contribution is -2.21. The van der Waals surface area contributed by atoms with Gasteiger partial charge in [0, 0.05) is 25.6 Å². The minimum Gasteiger partial charge on any atom is -0.296 e. The van der Waals surface area contributed by atoms with Crippen LogP contribution in [-0.2, 0) is 19.5 Å². The van der Waals surface area contributed by atoms with Crippen LogP contribution in [0.3, 0.4) is 0 Å². The van der Waals surface area contributed by atoms with Crippen LogP contribution in [0.4, 0.5) is 4.39 Å². The van der Waals surface area contributed by atoms with E-state index in [4.69, 9.17) is 0 Å². The van der Waals surface area contributed by atoms with Crippen molar-refractivity contribution in [2.45, 2.75) is 32.9 Å². The molecule has 0 aliphatic carbocycles. The van der Waals surface area contributed by atoms with Crippen molar-refractivity contribution >= 4 is 16.3 Å². The van der Waals surface area contributed by atoms with Gasteiger partial charge in [0.15, 0.2) is 0 Å². The van der Waals surface area contributed by atoms with Crippen LogP contribution in [0.25, 0.3) is 4.96 Å². The maximum absolute atomic E-state index is 13.0. The summed E-state index contributed by atoms with van der Waals surface area (Å²) in [4.78, 5) is 19.4. The molecule has 3 rings (SSSR count). The highest BCUT2D eigenvalue weighted by Crippen LogP contribution is 2.14. The van der Waals surface area contributed by atoms with Crippen LogP contribution in [-0.4, -0.2) is 26.5 Å². The first-order chi connectivity index (χ1) is 11.5. The monoisotopic (exact) mass is 346 g/mol. The summed E-state index contributed by atoms with van der Waals surface area (Å²) in [7, 11) is 1.95. The molecular formula is C17H19FN4OS. The highest BCUT2D eigenvalue weighted by molar-refractivity contribution is 7.16. The zero-order valence-electron chi connectivity index (χ0n) is 13.7. The molecule has 0 spiro atoms. The fraction of sp³-hybridized carbons (Fsp3) is 0.353. The van der Waals surface area contributed by atoms with Crippen LogP contribution in [0, 0.1) is 5.82 Å². The zero-order chi connectivity index (χ0) is 17.1. The highest BCUT2D eigenvalue weighted by atomic mass is 32.1. The predicted molar refractivity (Wildman–Crippen MR) is 92.7 cm³/mol. The first-order valence-corrected chi connectivity index (χ1v) is 8.68. The van der Waals surface area contributed by atoms with Gasteiger partial charge in [-0.05, 0) is 31.2 Å². The summed E-state index contributed by atoms with van der Waals surface area (Å²) >= 11 is 1.46. The highest BCUT2D eigenvalue weighted by Gasteiger charge is 2.10. The Morgan fingerprint density at radius 2 is 2.00 bits per heavy atom. The smallest absolute Gasteiger partial charge is 0.275 e. The van der Waals surface area contributed by atoms with Crippen LogP contribution in [0.1, 0.15) is 29.6 Å². The standard InChI is InChI=1S/C17H19FN4OS/c1-3-4-15-20-22-16(23)9-14(19-17(22)24-15)11-21(2)10-12-5-7-13(18)8-6-12/h5-9H,3-4,10-11H2,1-2H3. The minimum atomic E-state index is -0.241. The van der Waals surface area contributed by atoms with Gasteiger partial charge in [0.1, 0.15) is 10.8 Å². The molecule has 0 amide bonds. The van der Waals surface area contributed by atoms with Gasteiger partial charge < -0.3 is 0 Å². The Morgan fingerprint density at radius 3 is 2.71 bits per heavy atom. The summed E-state index contributed by atoms with van der Waals surface area (Å²) in [5, 5.41) is 5.24. The van der Waals surface area contributed by atoms with Crippen molar-refractivity contribution in [3.63, 3.8) is 0 Å². The van der Waals surface area contributed by atoms with Crippen molar-refractivity contribution in [1.82, 2.24) is 19.5 Å². The van der Waals surface area contributed by atoms with Crippen molar-refractivity contribution in [2.24, 2.45) is 0 Å². The van der Waals surface area contributed by atoms with Crippen LogP contribution < -0.4 is 5.56 Å². The van der Waals surface area contributed by atoms with Gasteiger partial charge in [-0.15, -0.1) is 0 Å². The van der Waals surface area contributed by atoms with Gasteiger partial charge in [-0.3, -0.25) is 9.69 Å². The second-order valence-corrected chi connectivity index (χ2v) is 6.87. The molecule has 0 saturated carbocycles. The summed E-state index contributed by atoms with van der Waals surface area (Å²) in [6.45, 7) is 3.29. The number of hydrogen-bond acceptors (Lipinski definition) is 5. The largest absolute Gasteiger partial charge is 0.296 e. The Morgan fingerprint density at radius 1 is 1.25 bits per heavy atom. The van der Waals surface area contributed by atoms with Crippen molar-refractivity contribution in [3.05, 3.63) is 62.8 Å². The van der Waals surface area contributed by atoms with Gasteiger partial charge in [0.25, 0.3) is 5.56 Å². The molecule has 3 aromatic rings. The second kappa shape index (κ2) is 7.19. The Balaban J connectivity index is 1.76. The molecule has 5 nitrogen and oxygen atoms in total. The molecule has 0 radical (unpaired) electrons. The normalized spacial score (nSPS) is 11.5. The van der Waals surface area contributed by atoms with E-state index < -0.39 is 0 Å². The number of fused-ring (bicyclic) bond motifs is 1. The van der Waals surface area contributed by atoms with E-state index in [1.165, 1.54) is 34.1 Å². The van der Waals surface area contributed by atoms with Crippen molar-refractivity contribution in [2.75, 3.05) is 7.05 Å². The fourth-order valence-electron chi connectivity index (χ4n) is 2.53. The van der Waals surface area contributed by atoms with E-state index in [1.54, 1.807) is 12.1 Å². The molecule has 0 bridgehead atoms. The molecule has 0 aliphatic heterocycles. The van der Waals surface area contributed by atoms with Crippen LogP contribution in [0.5, 0.6) is 0 Å². The molecule has 0 saturated heterocycles. The molecular weight excluding hydrogens is 327 g/mol. The molecule has 2 aromatic heterocycles. The van der Waals surface area contributed by atoms with E-state index in [2.05, 4.69) is 17.0 Å². The average molecular weight is 346 g/mol. The van der Waals surface area contributed by atoms with Crippen LogP contribution >= 0.6 is 11.3 Å². The first-order valence-electron chi connectivity index (χ1n) is 7.87. The maximum Gasteiger partial charge on any atom is 0.275 e. The first kappa shape index (κ1) is 16.7. The molecule has 0 aliphatic rings. The number of halogens is 1. The molecule has 1 aromatic carbocycles. The lowest BCUT2D eigenvalue weighted by molar-refractivity contribution is 0.315. The summed E-state index contributed by atoms with van der Waals surface area (Å²) in [5.41, 5.74) is 1.58. The van der Waals surface area contributed by atoms with Gasteiger partial charge in [0.2, 0.25) is 4.96 Å². The van der Waals surface area contributed by atoms with Crippen molar-refractivity contribution in [1.29, 1.82) is 0 Å². The van der Waals surface area contributed by atoms with Gasteiger partial charge in [-0.1, -0.05) is 30.4 Å². The fourth-order valence-corrected chi connectivity index (χ4v) is 3.55. The Kier molecular flexibility index (Phi) is 5.01. The van der Waals surface area contributed by atoms with E-state index in [0.717, 1.165) is 29.1 Å². The lowest BCUT2D eigenvalue weighted by atomic mass is 10.2. The minimum absolute atomic E-state index is 0.149. The summed E-state index contributed by atoms with van der Waals surface area (Å²) in [6.07, 6.45) is 1.84. The van der Waals surface area contributed by atoms with Gasteiger partial charge in [-0.25, -0.2) is 9.37 Å². The van der Waals surface area contributed by atoms with E-state index >= 15 is 0 Å². The number of aryl methyl sites for hydroxylation is 1. The third-order valence-electron chi connectivity index (χ3n) is 3.60. The molecule has 24 heavy (non-hydrogen) atoms. The van der Waals surface area contributed by atoms with E-state index in [-0.39, 0.29) is 11.4 Å². The SMILES string of the molecule is CCCc1nn2c(=O)cc(CN(C)Cc3ccc(F)cc3)nc2s1. The van der Waals surface area contributed by atoms with Gasteiger partial charge >= 0.3 is 0 Å². The van der Waals surface area contributed by atoms with Gasteiger partial charge in [-0.2, -0.15) is 9.61 Å². The Bertz CT molecular complexity index is 888. The molecule has 0 unspecified atom stereocenters. The van der Waals surface area contributed by atoms with E-state index in [0.29, 0.717) is 18.1 Å². The number of hydrogen-bond donors (Lipinski definition) is 0. The lowest BCUT2D eigenvalue weighted by Gasteiger charge is -2.16. The molecule has 7 heteroatoms. The summed E-state index contributed by atoms with van der Waals surface area (Å²) < 4.78 is 14.3. The predicted octanol–water partition coefficient (Wildman–Crippen LogP) is 2.87. The topological polar surface area (TPSA) is 50.5 Å². The van der Waals surface area contributed by atoms with Crippen LogP contribution in [0.2, 0.25) is 0 Å². The average Bonchev–Trinajstić information content (AvgIpc) is 2.93. The maximum atomic E-state index is 13.0. The summed E-state index contributed by atoms with van der Waals surface area (Å²) in [5.74, 6) is -0.241. The van der Waals surface area contributed by atoms with E-state index in [9.17, 15) is 9.18 Å². The molecule has 0 fully saturated rings. The zero-order valence-corrected chi connectivity index (χ0v) is 14.5. The second-order valence-electron chi connectivity index (χ2n) is 5.82. The van der Waals surface area contributed by atoms with E-state index in [1.807, 2.05) is 11.9 Å². The molecule has 2 heterocycles. The number of nitrogens with zero attached hydrogens (tertiary/aromatic N) is 4. The third-order valence-corrected chi connectivity index (χ3v) is 4.57. The Labute approximate surface area is 143 Å². The molecule has 0 N–H and O–H groups in total. The third kappa shape index (κ3) is 3.85. The number of benzene rings is 1. The van der Waals surface area contributed by atoms with Crippen molar-refractivity contribution < 1.29 is 4.39 Å². The van der Waals surface area contributed by atoms with Crippen LogP contribution in [0.15, 0.2) is 35.1 Å². The van der Waals surface area contributed by atoms with Gasteiger partial charge in [0.05, 0.1) is 5.69 Å². The molecule has 0 atom stereocenters. The number of rotatable bonds is 6. The number of aromatic nitrogens is 3. The summed E-state index contributed by atoms with van der Waals surface area (Å²) in [6, 6.07) is 7.96. The molecule has 126 valence electrons. The Hall–Kier alpha value is -2.12. The van der Waals surface area contributed by atoms with Crippen molar-refractivity contribution in [3.8, 4) is 0 Å². The quantitative estimate of drug-likeness (QED) is 0.689.